The van der Waals surface area contributed by atoms with E-state index in [0.29, 0.717) is 5.88 Å². The summed E-state index contributed by atoms with van der Waals surface area (Å²) in [6, 6.07) is 4.30. The highest BCUT2D eigenvalue weighted by molar-refractivity contribution is 14.1. The first kappa shape index (κ1) is 11.0. The van der Waals surface area contributed by atoms with Gasteiger partial charge in [0.2, 0.25) is 0 Å². The van der Waals surface area contributed by atoms with Crippen LogP contribution in [0, 0.1) is 3.57 Å². The second-order valence-electron chi connectivity index (χ2n) is 2.85. The minimum atomic E-state index is 0.599. The zero-order valence-electron chi connectivity index (χ0n) is 7.51. The van der Waals surface area contributed by atoms with Crippen LogP contribution in [0.3, 0.4) is 0 Å². The zero-order valence-corrected chi connectivity index (χ0v) is 12.1. The second-order valence-corrected chi connectivity index (χ2v) is 6.01. The summed E-state index contributed by atoms with van der Waals surface area (Å²) in [5.74, 6) is 0.599. The lowest BCUT2D eigenvalue weighted by molar-refractivity contribution is 1.42. The van der Waals surface area contributed by atoms with Gasteiger partial charge in [-0.2, -0.15) is 0 Å². The van der Waals surface area contributed by atoms with Gasteiger partial charge in [0.25, 0.3) is 0 Å². The molecule has 0 saturated carbocycles. The van der Waals surface area contributed by atoms with Crippen LogP contribution < -0.4 is 0 Å². The molecule has 2 rings (SSSR count). The number of fused-ring (bicyclic) bond motifs is 1. The average molecular weight is 355 g/mol. The number of alkyl halides is 1. The molecule has 74 valence electrons. The predicted octanol–water partition coefficient (Wildman–Crippen LogP) is 4.97. The number of thiophene rings is 1. The second kappa shape index (κ2) is 4.60. The molecule has 0 N–H and O–H groups in total. The Hall–Kier alpha value is 0.550. The molecule has 0 amide bonds. The highest BCUT2D eigenvalue weighted by atomic mass is 127. The van der Waals surface area contributed by atoms with Gasteiger partial charge < -0.3 is 0 Å². The van der Waals surface area contributed by atoms with Crippen LogP contribution in [0.1, 0.15) is 5.56 Å². The molecule has 0 saturated heterocycles. The summed E-state index contributed by atoms with van der Waals surface area (Å²) >= 11 is 11.9. The Morgan fingerprint density at radius 2 is 2.29 bits per heavy atom. The molecule has 0 aliphatic carbocycles. The fourth-order valence-electron chi connectivity index (χ4n) is 1.41. The Balaban J connectivity index is 2.81. The van der Waals surface area contributed by atoms with Crippen LogP contribution in [0.25, 0.3) is 10.1 Å². The molecule has 1 aromatic carbocycles. The van der Waals surface area contributed by atoms with Gasteiger partial charge in [-0.25, -0.2) is 0 Å². The average Bonchev–Trinajstić information content (AvgIpc) is 2.60. The Morgan fingerprint density at radius 3 is 2.93 bits per heavy atom. The third kappa shape index (κ3) is 1.79. The van der Waals surface area contributed by atoms with E-state index in [1.807, 2.05) is 0 Å². The van der Waals surface area contributed by atoms with Gasteiger partial charge in [-0.1, -0.05) is 6.07 Å². The lowest BCUT2D eigenvalue weighted by Crippen LogP contribution is -1.81. The number of hydrogen-bond acceptors (Lipinski definition) is 2. The molecule has 0 unspecified atom stereocenters. The summed E-state index contributed by atoms with van der Waals surface area (Å²) in [6.07, 6.45) is 2.11. The van der Waals surface area contributed by atoms with Crippen molar-refractivity contribution >= 4 is 67.4 Å². The lowest BCUT2D eigenvalue weighted by Gasteiger charge is -2.03. The fraction of sp³-hybridized carbons (Fsp3) is 0.200. The number of halogens is 2. The molecule has 0 spiro atoms. The molecule has 0 aliphatic heterocycles. The molecule has 2 aromatic rings. The standard InChI is InChI=1S/C10H8ClIS2/c1-13-8-3-2-6(4-11)10-9(8)7(12)5-14-10/h2-3,5H,4H2,1H3. The van der Waals surface area contributed by atoms with E-state index >= 15 is 0 Å². The van der Waals surface area contributed by atoms with Crippen molar-refractivity contribution in [2.45, 2.75) is 10.8 Å². The topological polar surface area (TPSA) is 0 Å². The summed E-state index contributed by atoms with van der Waals surface area (Å²) in [6.45, 7) is 0. The molecule has 0 nitrogen and oxygen atoms in total. The molecule has 0 bridgehead atoms. The van der Waals surface area contributed by atoms with E-state index in [9.17, 15) is 0 Å². The maximum absolute atomic E-state index is 5.91. The molecule has 14 heavy (non-hydrogen) atoms. The highest BCUT2D eigenvalue weighted by Crippen LogP contribution is 2.37. The SMILES string of the molecule is CSc1ccc(CCl)c2scc(I)c12. The van der Waals surface area contributed by atoms with Crippen molar-refractivity contribution in [1.82, 2.24) is 0 Å². The van der Waals surface area contributed by atoms with Gasteiger partial charge in [-0.15, -0.1) is 34.7 Å². The molecule has 0 fully saturated rings. The smallest absolute Gasteiger partial charge is 0.0488 e. The summed E-state index contributed by atoms with van der Waals surface area (Å²) < 4.78 is 2.68. The largest absolute Gasteiger partial charge is 0.142 e. The van der Waals surface area contributed by atoms with E-state index in [4.69, 9.17) is 11.6 Å². The Kier molecular flexibility index (Phi) is 3.63. The van der Waals surface area contributed by atoms with E-state index in [2.05, 4.69) is 46.4 Å². The van der Waals surface area contributed by atoms with E-state index in [-0.39, 0.29) is 0 Å². The summed E-state index contributed by atoms with van der Waals surface area (Å²) in [4.78, 5) is 1.35. The van der Waals surface area contributed by atoms with Crippen molar-refractivity contribution in [3.05, 3.63) is 26.6 Å². The van der Waals surface area contributed by atoms with E-state index < -0.39 is 0 Å². The minimum Gasteiger partial charge on any atom is -0.142 e. The van der Waals surface area contributed by atoms with E-state index in [0.717, 1.165) is 0 Å². The maximum Gasteiger partial charge on any atom is 0.0488 e. The predicted molar refractivity (Wildman–Crippen MR) is 75.9 cm³/mol. The van der Waals surface area contributed by atoms with Crippen LogP contribution in [0.4, 0.5) is 0 Å². The van der Waals surface area contributed by atoms with Crippen molar-refractivity contribution in [3.63, 3.8) is 0 Å². The van der Waals surface area contributed by atoms with Crippen LogP contribution in [-0.2, 0) is 5.88 Å². The van der Waals surface area contributed by atoms with Gasteiger partial charge in [0.15, 0.2) is 0 Å². The summed E-state index contributed by atoms with van der Waals surface area (Å²) in [5, 5.41) is 3.57. The van der Waals surface area contributed by atoms with Crippen LogP contribution >= 0.6 is 57.3 Å². The Bertz CT molecular complexity index is 464. The molecule has 0 atom stereocenters. The zero-order chi connectivity index (χ0) is 10.1. The first-order valence-corrected chi connectivity index (χ1v) is 7.78. The monoisotopic (exact) mass is 354 g/mol. The Labute approximate surface area is 110 Å². The summed E-state index contributed by atoms with van der Waals surface area (Å²) in [7, 11) is 0. The van der Waals surface area contributed by atoms with Crippen LogP contribution in [0.2, 0.25) is 0 Å². The van der Waals surface area contributed by atoms with E-state index in [1.54, 1.807) is 23.1 Å². The van der Waals surface area contributed by atoms with Gasteiger partial charge >= 0.3 is 0 Å². The Morgan fingerprint density at radius 1 is 1.50 bits per heavy atom. The first-order chi connectivity index (χ1) is 6.77. The van der Waals surface area contributed by atoms with Crippen LogP contribution in [0.5, 0.6) is 0 Å². The van der Waals surface area contributed by atoms with Crippen molar-refractivity contribution in [1.29, 1.82) is 0 Å². The third-order valence-electron chi connectivity index (χ3n) is 2.08. The normalized spacial score (nSPS) is 11.1. The van der Waals surface area contributed by atoms with Gasteiger partial charge in [0, 0.05) is 29.8 Å². The first-order valence-electron chi connectivity index (χ1n) is 4.06. The highest BCUT2D eigenvalue weighted by Gasteiger charge is 2.09. The molecule has 4 heteroatoms. The van der Waals surface area contributed by atoms with Crippen LogP contribution in [-0.4, -0.2) is 6.26 Å². The molecule has 1 aromatic heterocycles. The van der Waals surface area contributed by atoms with Gasteiger partial charge in [0.1, 0.15) is 0 Å². The molecule has 0 aliphatic rings. The molecule has 0 radical (unpaired) electrons. The van der Waals surface area contributed by atoms with Crippen molar-refractivity contribution in [2.75, 3.05) is 6.26 Å². The van der Waals surface area contributed by atoms with Gasteiger partial charge in [-0.3, -0.25) is 0 Å². The number of thioether (sulfide) groups is 1. The molecule has 1 heterocycles. The van der Waals surface area contributed by atoms with Gasteiger partial charge in [0.05, 0.1) is 0 Å². The quantitative estimate of drug-likeness (QED) is 0.417. The lowest BCUT2D eigenvalue weighted by atomic mass is 10.2. The molecular weight excluding hydrogens is 347 g/mol. The number of hydrogen-bond donors (Lipinski definition) is 0. The van der Waals surface area contributed by atoms with Crippen molar-refractivity contribution < 1.29 is 0 Å². The number of rotatable bonds is 2. The van der Waals surface area contributed by atoms with Crippen molar-refractivity contribution in [3.8, 4) is 0 Å². The van der Waals surface area contributed by atoms with Crippen molar-refractivity contribution in [2.24, 2.45) is 0 Å². The molecular formula is C10H8ClIS2. The minimum absolute atomic E-state index is 0.599. The third-order valence-corrected chi connectivity index (χ3v) is 5.48. The fourth-order valence-corrected chi connectivity index (χ4v) is 4.68. The van der Waals surface area contributed by atoms with E-state index in [1.165, 1.54) is 24.1 Å². The number of benzene rings is 1. The van der Waals surface area contributed by atoms with Crippen LogP contribution in [0.15, 0.2) is 22.4 Å². The summed E-state index contributed by atoms with van der Waals surface area (Å²) in [5.41, 5.74) is 1.24. The maximum atomic E-state index is 5.91. The van der Waals surface area contributed by atoms with Gasteiger partial charge in [-0.05, 0) is 40.5 Å².